The summed E-state index contributed by atoms with van der Waals surface area (Å²) in [5.74, 6) is 1.72. The van der Waals surface area contributed by atoms with E-state index in [0.717, 1.165) is 30.4 Å². The third kappa shape index (κ3) is 6.89. The van der Waals surface area contributed by atoms with E-state index in [2.05, 4.69) is 69.4 Å². The lowest BCUT2D eigenvalue weighted by atomic mass is 9.84. The molecular formula is C23H38IN5O. The highest BCUT2D eigenvalue weighted by atomic mass is 127. The third-order valence-corrected chi connectivity index (χ3v) is 5.38. The van der Waals surface area contributed by atoms with Crippen LogP contribution in [0.1, 0.15) is 50.2 Å². The number of aryl methyl sites for hydroxylation is 2. The molecule has 30 heavy (non-hydrogen) atoms. The van der Waals surface area contributed by atoms with E-state index >= 15 is 0 Å². The molecule has 0 spiro atoms. The van der Waals surface area contributed by atoms with E-state index < -0.39 is 0 Å². The van der Waals surface area contributed by atoms with Gasteiger partial charge in [0.25, 0.3) is 0 Å². The molecule has 1 heterocycles. The summed E-state index contributed by atoms with van der Waals surface area (Å²) in [6, 6.07) is 8.47. The third-order valence-electron chi connectivity index (χ3n) is 5.38. The fourth-order valence-electron chi connectivity index (χ4n) is 3.44. The van der Waals surface area contributed by atoms with Crippen LogP contribution in [0.4, 0.5) is 0 Å². The fraction of sp³-hybridized carbons (Fsp3) is 0.565. The van der Waals surface area contributed by atoms with E-state index in [4.69, 9.17) is 9.73 Å². The number of aliphatic imine (C=N–C) groups is 1. The van der Waals surface area contributed by atoms with Gasteiger partial charge in [-0.05, 0) is 57.4 Å². The topological polar surface area (TPSA) is 63.5 Å². The largest absolute Gasteiger partial charge is 0.497 e. The van der Waals surface area contributed by atoms with Crippen LogP contribution in [0.15, 0.2) is 29.3 Å². The fourth-order valence-corrected chi connectivity index (χ4v) is 3.44. The number of aromatic nitrogens is 2. The summed E-state index contributed by atoms with van der Waals surface area (Å²) in [4.78, 5) is 4.88. The first-order chi connectivity index (χ1) is 13.7. The lowest BCUT2D eigenvalue weighted by Crippen LogP contribution is -2.43. The maximum atomic E-state index is 5.38. The number of rotatable bonds is 8. The molecule has 0 radical (unpaired) electrons. The minimum atomic E-state index is -0.101. The zero-order valence-electron chi connectivity index (χ0n) is 19.7. The maximum absolute atomic E-state index is 5.38. The number of hydrogen-bond donors (Lipinski definition) is 2. The zero-order valence-corrected chi connectivity index (χ0v) is 22.0. The molecular weight excluding hydrogens is 489 g/mol. The van der Waals surface area contributed by atoms with E-state index in [0.29, 0.717) is 6.54 Å². The van der Waals surface area contributed by atoms with Gasteiger partial charge in [0, 0.05) is 30.7 Å². The van der Waals surface area contributed by atoms with E-state index in [1.807, 2.05) is 23.9 Å². The van der Waals surface area contributed by atoms with Crippen molar-refractivity contribution in [2.45, 2.75) is 59.4 Å². The van der Waals surface area contributed by atoms with Crippen molar-refractivity contribution in [1.29, 1.82) is 0 Å². The van der Waals surface area contributed by atoms with Gasteiger partial charge in [0.15, 0.2) is 5.96 Å². The average Bonchev–Trinajstić information content (AvgIpc) is 2.92. The summed E-state index contributed by atoms with van der Waals surface area (Å²) in [6.45, 7) is 14.4. The van der Waals surface area contributed by atoms with Crippen LogP contribution in [0.3, 0.4) is 0 Å². The molecule has 0 aliphatic heterocycles. The number of halogens is 1. The van der Waals surface area contributed by atoms with Crippen LogP contribution in [0, 0.1) is 13.8 Å². The van der Waals surface area contributed by atoms with Gasteiger partial charge in [0.1, 0.15) is 5.75 Å². The number of hydrogen-bond acceptors (Lipinski definition) is 3. The predicted octanol–water partition coefficient (Wildman–Crippen LogP) is 4.13. The summed E-state index contributed by atoms with van der Waals surface area (Å²) in [6.07, 6.45) is 0.912. The van der Waals surface area contributed by atoms with Crippen molar-refractivity contribution < 1.29 is 4.74 Å². The van der Waals surface area contributed by atoms with Crippen LogP contribution in [0.25, 0.3) is 0 Å². The Balaban J connectivity index is 0.00000450. The second-order valence-electron chi connectivity index (χ2n) is 8.33. The van der Waals surface area contributed by atoms with Crippen LogP contribution in [-0.2, 0) is 18.9 Å². The Kier molecular flexibility index (Phi) is 10.1. The molecule has 0 fully saturated rings. The highest BCUT2D eigenvalue weighted by Gasteiger charge is 2.21. The summed E-state index contributed by atoms with van der Waals surface area (Å²) in [7, 11) is 3.70. The summed E-state index contributed by atoms with van der Waals surface area (Å²) < 4.78 is 7.33. The van der Waals surface area contributed by atoms with Gasteiger partial charge >= 0.3 is 0 Å². The number of benzene rings is 1. The zero-order chi connectivity index (χ0) is 21.6. The molecule has 0 bridgehead atoms. The molecule has 1 aromatic carbocycles. The summed E-state index contributed by atoms with van der Waals surface area (Å²) >= 11 is 0. The Morgan fingerprint density at radius 3 is 2.57 bits per heavy atom. The van der Waals surface area contributed by atoms with Crippen LogP contribution in [-0.4, -0.2) is 42.0 Å². The van der Waals surface area contributed by atoms with Crippen molar-refractivity contribution >= 4 is 29.9 Å². The van der Waals surface area contributed by atoms with E-state index in [9.17, 15) is 0 Å². The maximum Gasteiger partial charge on any atom is 0.191 e. The van der Waals surface area contributed by atoms with Crippen LogP contribution in [0.2, 0.25) is 0 Å². The first kappa shape index (κ1) is 26.3. The lowest BCUT2D eigenvalue weighted by Gasteiger charge is -2.25. The van der Waals surface area contributed by atoms with Crippen molar-refractivity contribution in [2.75, 3.05) is 20.2 Å². The molecule has 0 saturated carbocycles. The Morgan fingerprint density at radius 1 is 1.30 bits per heavy atom. The number of ether oxygens (including phenoxy) is 1. The van der Waals surface area contributed by atoms with Gasteiger partial charge < -0.3 is 15.4 Å². The number of nitrogens with zero attached hydrogens (tertiary/aromatic N) is 3. The lowest BCUT2D eigenvalue weighted by molar-refractivity contribution is 0.412. The van der Waals surface area contributed by atoms with Gasteiger partial charge in [-0.25, -0.2) is 0 Å². The quantitative estimate of drug-likeness (QED) is 0.308. The van der Waals surface area contributed by atoms with Crippen molar-refractivity contribution in [3.63, 3.8) is 0 Å². The SMILES string of the molecule is CCNC(=NCC(C)(C)c1cccc(OC)c1)NC(C)Cc1c(C)nn(C)c1C.I. The van der Waals surface area contributed by atoms with Gasteiger partial charge in [0.2, 0.25) is 0 Å². The summed E-state index contributed by atoms with van der Waals surface area (Å²) in [5, 5.41) is 11.5. The molecule has 0 saturated heterocycles. The summed E-state index contributed by atoms with van der Waals surface area (Å²) in [5.41, 5.74) is 4.74. The molecule has 1 aromatic heterocycles. The average molecular weight is 527 g/mol. The molecule has 1 unspecified atom stereocenters. The highest BCUT2D eigenvalue weighted by Crippen LogP contribution is 2.26. The number of nitrogens with one attached hydrogen (secondary N) is 2. The van der Waals surface area contributed by atoms with Crippen LogP contribution >= 0.6 is 24.0 Å². The molecule has 6 nitrogen and oxygen atoms in total. The molecule has 2 rings (SSSR count). The van der Waals surface area contributed by atoms with E-state index in [1.54, 1.807) is 7.11 Å². The molecule has 0 aliphatic carbocycles. The Bertz CT molecular complexity index is 844. The van der Waals surface area contributed by atoms with Gasteiger partial charge in [-0.1, -0.05) is 26.0 Å². The van der Waals surface area contributed by atoms with Gasteiger partial charge in [-0.2, -0.15) is 5.10 Å². The minimum Gasteiger partial charge on any atom is -0.497 e. The Labute approximate surface area is 198 Å². The van der Waals surface area contributed by atoms with Crippen molar-refractivity contribution in [1.82, 2.24) is 20.4 Å². The molecule has 2 aromatic rings. The monoisotopic (exact) mass is 527 g/mol. The number of methoxy groups -OCH3 is 1. The second-order valence-corrected chi connectivity index (χ2v) is 8.33. The van der Waals surface area contributed by atoms with Crippen LogP contribution in [0.5, 0.6) is 5.75 Å². The number of guanidine groups is 1. The Morgan fingerprint density at radius 2 is 2.00 bits per heavy atom. The van der Waals surface area contributed by atoms with E-state index in [1.165, 1.54) is 16.8 Å². The Hall–Kier alpha value is -1.77. The first-order valence-electron chi connectivity index (χ1n) is 10.4. The molecule has 7 heteroatoms. The van der Waals surface area contributed by atoms with Crippen LogP contribution < -0.4 is 15.4 Å². The van der Waals surface area contributed by atoms with Gasteiger partial charge in [-0.15, -0.1) is 24.0 Å². The molecule has 0 amide bonds. The molecule has 0 aliphatic rings. The van der Waals surface area contributed by atoms with Crippen molar-refractivity contribution in [3.8, 4) is 5.75 Å². The molecule has 2 N–H and O–H groups in total. The molecule has 1 atom stereocenters. The van der Waals surface area contributed by atoms with Crippen molar-refractivity contribution in [2.24, 2.45) is 12.0 Å². The predicted molar refractivity (Wildman–Crippen MR) is 136 cm³/mol. The standard InChI is InChI=1S/C23H37N5O.HI/c1-9-24-22(26-16(2)13-21-17(3)27-28(7)18(21)4)25-15-23(5,6)19-11-10-12-20(14-19)29-8;/h10-12,14,16H,9,13,15H2,1-8H3,(H2,24,25,26);1H. The minimum absolute atomic E-state index is 0. The normalized spacial score (nSPS) is 12.9. The smallest absolute Gasteiger partial charge is 0.191 e. The first-order valence-corrected chi connectivity index (χ1v) is 10.4. The van der Waals surface area contributed by atoms with Crippen molar-refractivity contribution in [3.05, 3.63) is 46.8 Å². The highest BCUT2D eigenvalue weighted by molar-refractivity contribution is 14.0. The van der Waals surface area contributed by atoms with Gasteiger partial charge in [-0.3, -0.25) is 9.67 Å². The molecule has 168 valence electrons. The second kappa shape index (κ2) is 11.6. The van der Waals surface area contributed by atoms with E-state index in [-0.39, 0.29) is 35.4 Å². The van der Waals surface area contributed by atoms with Gasteiger partial charge in [0.05, 0.1) is 19.3 Å².